The molecule has 18 heavy (non-hydrogen) atoms. The van der Waals surface area contributed by atoms with Gasteiger partial charge in [0.2, 0.25) is 0 Å². The highest BCUT2D eigenvalue weighted by Gasteiger charge is 2.72. The lowest BCUT2D eigenvalue weighted by molar-refractivity contribution is -0.0649. The van der Waals surface area contributed by atoms with Crippen LogP contribution in [0.3, 0.4) is 0 Å². The Morgan fingerprint density at radius 2 is 1.50 bits per heavy atom. The molecule has 0 aromatic rings. The van der Waals surface area contributed by atoms with E-state index in [1.54, 1.807) is 0 Å². The fourth-order valence-corrected chi connectivity index (χ4v) is 7.46. The Labute approximate surface area is 113 Å². The maximum absolute atomic E-state index is 5.95. The van der Waals surface area contributed by atoms with Crippen LogP contribution in [0.15, 0.2) is 50.1 Å². The number of hydrogen-bond donors (Lipinski definition) is 0. The van der Waals surface area contributed by atoms with E-state index in [1.807, 2.05) is 11.4 Å². The number of hydrogen-bond acceptors (Lipinski definition) is 1. The molecule has 0 spiro atoms. The molecule has 0 radical (unpaired) electrons. The minimum atomic E-state index is -2.34. The summed E-state index contributed by atoms with van der Waals surface area (Å²) in [5.41, 5.74) is 4.27. The second kappa shape index (κ2) is 4.27. The molecule has 1 fully saturated rings. The first-order valence-electron chi connectivity index (χ1n) is 6.40. The van der Waals surface area contributed by atoms with Gasteiger partial charge < -0.3 is 4.43 Å². The summed E-state index contributed by atoms with van der Waals surface area (Å²) in [5, 5.41) is -0.0683. The van der Waals surface area contributed by atoms with E-state index >= 15 is 0 Å². The van der Waals surface area contributed by atoms with Gasteiger partial charge in [-0.2, -0.15) is 0 Å². The molecule has 1 rings (SSSR count). The highest BCUT2D eigenvalue weighted by Crippen LogP contribution is 2.76. The topological polar surface area (TPSA) is 9.23 Å². The molecule has 1 saturated carbocycles. The van der Waals surface area contributed by atoms with Gasteiger partial charge in [0.05, 0.1) is 6.26 Å². The lowest BCUT2D eigenvalue weighted by Crippen LogP contribution is -2.66. The summed E-state index contributed by atoms with van der Waals surface area (Å²) >= 11 is 0. The van der Waals surface area contributed by atoms with Crippen LogP contribution in [-0.4, -0.2) is 8.32 Å². The fourth-order valence-electron chi connectivity index (χ4n) is 3.54. The van der Waals surface area contributed by atoms with E-state index in [2.05, 4.69) is 60.1 Å². The van der Waals surface area contributed by atoms with E-state index in [4.69, 9.17) is 4.43 Å². The van der Waals surface area contributed by atoms with Crippen molar-refractivity contribution < 1.29 is 4.43 Å². The zero-order valence-corrected chi connectivity index (χ0v) is 13.3. The van der Waals surface area contributed by atoms with E-state index in [0.29, 0.717) is 0 Å². The molecular weight excluding hydrogens is 236 g/mol. The predicted molar refractivity (Wildman–Crippen MR) is 82.5 cm³/mol. The first kappa shape index (κ1) is 15.0. The molecule has 2 heteroatoms. The van der Waals surface area contributed by atoms with Crippen molar-refractivity contribution >= 4 is 8.32 Å². The third-order valence-corrected chi connectivity index (χ3v) is 9.63. The summed E-state index contributed by atoms with van der Waals surface area (Å²) in [6.45, 7) is 25.0. The summed E-state index contributed by atoms with van der Waals surface area (Å²) in [4.78, 5) is 0. The maximum atomic E-state index is 5.95. The summed E-state index contributed by atoms with van der Waals surface area (Å²) < 4.78 is 5.95. The van der Waals surface area contributed by atoms with Gasteiger partial charge in [-0.05, 0) is 17.3 Å². The minimum absolute atomic E-state index is 0.0683. The molecule has 0 saturated heterocycles. The van der Waals surface area contributed by atoms with Crippen molar-refractivity contribution in [1.29, 1.82) is 0 Å². The molecule has 0 N–H and O–H groups in total. The van der Waals surface area contributed by atoms with Crippen LogP contribution in [0.25, 0.3) is 0 Å². The van der Waals surface area contributed by atoms with Crippen LogP contribution in [0, 0.1) is 10.8 Å². The Kier molecular flexibility index (Phi) is 3.57. The Bertz CT molecular complexity index is 384. The first-order chi connectivity index (χ1) is 8.20. The van der Waals surface area contributed by atoms with E-state index in [1.165, 1.54) is 6.26 Å². The summed E-state index contributed by atoms with van der Waals surface area (Å²) in [6.07, 6.45) is 4.65. The van der Waals surface area contributed by atoms with Crippen molar-refractivity contribution in [2.45, 2.75) is 39.2 Å². The molecular formula is C16H26OSi. The minimum Gasteiger partial charge on any atom is -0.541 e. The van der Waals surface area contributed by atoms with E-state index in [9.17, 15) is 0 Å². The van der Waals surface area contributed by atoms with Crippen molar-refractivity contribution in [1.82, 2.24) is 0 Å². The lowest BCUT2D eigenvalue weighted by atomic mass is 9.46. The van der Waals surface area contributed by atoms with Gasteiger partial charge in [0.1, 0.15) is 0 Å². The van der Waals surface area contributed by atoms with E-state index in [-0.39, 0.29) is 15.9 Å². The Morgan fingerprint density at radius 1 is 1.00 bits per heavy atom. The molecule has 1 nitrogen and oxygen atoms in total. The zero-order valence-electron chi connectivity index (χ0n) is 12.3. The van der Waals surface area contributed by atoms with E-state index < -0.39 is 8.32 Å². The van der Waals surface area contributed by atoms with Crippen molar-refractivity contribution in [3.8, 4) is 0 Å². The second-order valence-electron chi connectivity index (χ2n) is 6.35. The smallest absolute Gasteiger partial charge is 0.308 e. The van der Waals surface area contributed by atoms with Gasteiger partial charge >= 0.3 is 8.32 Å². The molecule has 0 aromatic heterocycles. The highest BCUT2D eigenvalue weighted by atomic mass is 28.4. The summed E-state index contributed by atoms with van der Waals surface area (Å²) in [7, 11) is -2.34. The monoisotopic (exact) mass is 262 g/mol. The van der Waals surface area contributed by atoms with Crippen LogP contribution < -0.4 is 0 Å². The van der Waals surface area contributed by atoms with Gasteiger partial charge in [-0.15, -0.1) is 19.7 Å². The average Bonchev–Trinajstić information content (AvgIpc) is 2.33. The molecule has 100 valence electrons. The molecule has 1 unspecified atom stereocenters. The van der Waals surface area contributed by atoms with Crippen molar-refractivity contribution in [2.24, 2.45) is 10.8 Å². The molecule has 0 heterocycles. The van der Waals surface area contributed by atoms with Gasteiger partial charge in [-0.1, -0.05) is 51.7 Å². The third kappa shape index (κ3) is 1.45. The van der Waals surface area contributed by atoms with E-state index in [0.717, 1.165) is 6.42 Å². The summed E-state index contributed by atoms with van der Waals surface area (Å²) in [6, 6.07) is 0. The Hall–Kier alpha value is -1.02. The van der Waals surface area contributed by atoms with Gasteiger partial charge in [-0.3, -0.25) is 0 Å². The molecule has 1 atom stereocenters. The maximum Gasteiger partial charge on any atom is 0.308 e. The number of allylic oxidation sites excluding steroid dienone is 1. The molecule has 0 aromatic carbocycles. The largest absolute Gasteiger partial charge is 0.541 e. The zero-order chi connectivity index (χ0) is 14.2. The second-order valence-corrected chi connectivity index (χ2v) is 9.88. The molecule has 0 bridgehead atoms. The van der Waals surface area contributed by atoms with Crippen molar-refractivity contribution in [2.75, 3.05) is 0 Å². The highest BCUT2D eigenvalue weighted by molar-refractivity contribution is 6.87. The van der Waals surface area contributed by atoms with Crippen LogP contribution >= 0.6 is 0 Å². The normalized spacial score (nSPS) is 28.7. The SMILES string of the molecule is C=CO[Si](C=C)(C=C)C1(C=C)CC(C)(C)C1(C)C. The standard InChI is InChI=1S/C16H26OSi/c1-9-16(13-14(5,6)15(16,7)8)18(11-3,12-4)17-10-2/h9-12H,1-4,13H2,5-8H3. The van der Waals surface area contributed by atoms with Crippen molar-refractivity contribution in [3.05, 3.63) is 50.1 Å². The fraction of sp³-hybridized carbons (Fsp3) is 0.500. The Morgan fingerprint density at radius 3 is 1.72 bits per heavy atom. The molecule has 0 amide bonds. The van der Waals surface area contributed by atoms with Crippen molar-refractivity contribution in [3.63, 3.8) is 0 Å². The first-order valence-corrected chi connectivity index (χ1v) is 8.46. The molecule has 1 aliphatic rings. The van der Waals surface area contributed by atoms with Crippen LogP contribution in [-0.2, 0) is 4.43 Å². The lowest BCUT2D eigenvalue weighted by Gasteiger charge is -2.69. The van der Waals surface area contributed by atoms with Gasteiger partial charge in [-0.25, -0.2) is 0 Å². The van der Waals surface area contributed by atoms with Gasteiger partial charge in [0.15, 0.2) is 0 Å². The predicted octanol–water partition coefficient (Wildman–Crippen LogP) is 4.92. The van der Waals surface area contributed by atoms with Gasteiger partial charge in [0.25, 0.3) is 0 Å². The van der Waals surface area contributed by atoms with Crippen LogP contribution in [0.2, 0.25) is 5.04 Å². The molecule has 1 aliphatic carbocycles. The summed E-state index contributed by atoms with van der Waals surface area (Å²) in [5.74, 6) is 0. The Balaban J connectivity index is 3.42. The average molecular weight is 262 g/mol. The molecule has 0 aliphatic heterocycles. The van der Waals surface area contributed by atoms with Crippen LogP contribution in [0.5, 0.6) is 0 Å². The van der Waals surface area contributed by atoms with Crippen LogP contribution in [0.1, 0.15) is 34.1 Å². The third-order valence-electron chi connectivity index (χ3n) is 5.46. The quantitative estimate of drug-likeness (QED) is 0.375. The van der Waals surface area contributed by atoms with Gasteiger partial charge in [0, 0.05) is 5.04 Å². The van der Waals surface area contributed by atoms with Crippen LogP contribution in [0.4, 0.5) is 0 Å². The number of rotatable bonds is 6.